The molecule has 2 rings (SSSR count). The summed E-state index contributed by atoms with van der Waals surface area (Å²) in [4.78, 5) is 12.1. The van der Waals surface area contributed by atoms with Crippen LogP contribution in [0.4, 0.5) is 4.39 Å². The molecule has 154 valence electrons. The Morgan fingerprint density at radius 2 is 1.71 bits per heavy atom. The van der Waals surface area contributed by atoms with Gasteiger partial charge < -0.3 is 11.1 Å². The molecule has 4 N–H and O–H groups in total. The van der Waals surface area contributed by atoms with Crippen LogP contribution in [0.5, 0.6) is 0 Å². The molecule has 28 heavy (non-hydrogen) atoms. The first kappa shape index (κ1) is 24.0. The highest BCUT2D eigenvalue weighted by Gasteiger charge is 2.27. The summed E-state index contributed by atoms with van der Waals surface area (Å²) < 4.78 is 41.5. The molecule has 0 heterocycles. The monoisotopic (exact) mass is 429 g/mol. The van der Waals surface area contributed by atoms with Gasteiger partial charge >= 0.3 is 0 Å². The van der Waals surface area contributed by atoms with Gasteiger partial charge in [0.15, 0.2) is 0 Å². The fraction of sp³-hybridized carbons (Fsp3) is 0.316. The average molecular weight is 430 g/mol. The van der Waals surface area contributed by atoms with Crippen molar-refractivity contribution in [1.29, 1.82) is 0 Å². The topological polar surface area (TPSA) is 101 Å². The first-order valence-corrected chi connectivity index (χ1v) is 10.1. The van der Waals surface area contributed by atoms with Crippen LogP contribution in [-0.2, 0) is 21.2 Å². The number of halogens is 2. The maximum absolute atomic E-state index is 13.9. The predicted molar refractivity (Wildman–Crippen MR) is 109 cm³/mol. The van der Waals surface area contributed by atoms with Crippen LogP contribution in [0, 0.1) is 11.7 Å². The number of nitrogens with two attached hydrogens (primary N) is 1. The molecule has 0 saturated heterocycles. The smallest absolute Gasteiger partial charge is 0.244 e. The summed E-state index contributed by atoms with van der Waals surface area (Å²) >= 11 is 0. The number of hydrogen-bond acceptors (Lipinski definition) is 4. The number of sulfonamides is 1. The number of nitrogens with one attached hydrogen (secondary N) is 2. The molecule has 0 radical (unpaired) electrons. The van der Waals surface area contributed by atoms with Gasteiger partial charge in [0.1, 0.15) is 16.8 Å². The van der Waals surface area contributed by atoms with Crippen LogP contribution < -0.4 is 15.8 Å². The predicted octanol–water partition coefficient (Wildman–Crippen LogP) is 1.85. The van der Waals surface area contributed by atoms with Gasteiger partial charge in [0, 0.05) is 6.54 Å². The van der Waals surface area contributed by atoms with Crippen molar-refractivity contribution in [3.63, 3.8) is 0 Å². The van der Waals surface area contributed by atoms with E-state index in [1.54, 1.807) is 24.3 Å². The first-order valence-electron chi connectivity index (χ1n) is 8.62. The van der Waals surface area contributed by atoms with Gasteiger partial charge in [-0.3, -0.25) is 4.79 Å². The van der Waals surface area contributed by atoms with E-state index < -0.39 is 32.7 Å². The standard InChI is InChI=1S/C19H24FN3O3S.ClH/c1-14(12-21)13-22-19(24)17(11-15-7-3-2-4-8-15)23-27(25,26)18-10-6-5-9-16(18)20;/h2-10,14,17,23H,11-13,21H2,1H3,(H,22,24);1H. The molecule has 2 aromatic rings. The molecule has 0 bridgehead atoms. The Balaban J connectivity index is 0.00000392. The van der Waals surface area contributed by atoms with Crippen LogP contribution in [0.2, 0.25) is 0 Å². The van der Waals surface area contributed by atoms with Crippen LogP contribution in [0.3, 0.4) is 0 Å². The van der Waals surface area contributed by atoms with Crippen LogP contribution in [0.25, 0.3) is 0 Å². The molecule has 0 aliphatic heterocycles. The molecule has 2 aromatic carbocycles. The second-order valence-corrected chi connectivity index (χ2v) is 8.06. The van der Waals surface area contributed by atoms with E-state index >= 15 is 0 Å². The number of carbonyl (C=O) groups excluding carboxylic acids is 1. The van der Waals surface area contributed by atoms with Crippen LogP contribution in [0.15, 0.2) is 59.5 Å². The third-order valence-corrected chi connectivity index (χ3v) is 5.55. The molecule has 0 spiro atoms. The quantitative estimate of drug-likeness (QED) is 0.566. The highest BCUT2D eigenvalue weighted by Crippen LogP contribution is 2.15. The zero-order chi connectivity index (χ0) is 19.9. The lowest BCUT2D eigenvalue weighted by Crippen LogP contribution is -2.49. The second-order valence-electron chi connectivity index (χ2n) is 6.38. The molecule has 0 fully saturated rings. The summed E-state index contributed by atoms with van der Waals surface area (Å²) in [5.41, 5.74) is 6.33. The van der Waals surface area contributed by atoms with Crippen molar-refractivity contribution >= 4 is 28.3 Å². The SMILES string of the molecule is CC(CN)CNC(=O)C(Cc1ccccc1)NS(=O)(=O)c1ccccc1F.Cl. The van der Waals surface area contributed by atoms with Gasteiger partial charge in [-0.15, -0.1) is 12.4 Å². The van der Waals surface area contributed by atoms with E-state index in [0.29, 0.717) is 13.1 Å². The lowest BCUT2D eigenvalue weighted by atomic mass is 10.1. The zero-order valence-electron chi connectivity index (χ0n) is 15.5. The number of benzene rings is 2. The molecule has 0 aliphatic carbocycles. The molecule has 1 amide bonds. The van der Waals surface area contributed by atoms with Crippen molar-refractivity contribution in [3.8, 4) is 0 Å². The van der Waals surface area contributed by atoms with Crippen molar-refractivity contribution < 1.29 is 17.6 Å². The average Bonchev–Trinajstić information content (AvgIpc) is 2.66. The molecule has 2 atom stereocenters. The lowest BCUT2D eigenvalue weighted by molar-refractivity contribution is -0.122. The minimum Gasteiger partial charge on any atom is -0.354 e. The lowest BCUT2D eigenvalue weighted by Gasteiger charge is -2.20. The maximum atomic E-state index is 13.9. The van der Waals surface area contributed by atoms with Crippen LogP contribution in [0.1, 0.15) is 12.5 Å². The number of hydrogen-bond donors (Lipinski definition) is 3. The third kappa shape index (κ3) is 6.87. The van der Waals surface area contributed by atoms with Gasteiger partial charge in [-0.25, -0.2) is 12.8 Å². The van der Waals surface area contributed by atoms with Crippen molar-refractivity contribution in [2.45, 2.75) is 24.3 Å². The van der Waals surface area contributed by atoms with E-state index in [9.17, 15) is 17.6 Å². The summed E-state index contributed by atoms with van der Waals surface area (Å²) in [7, 11) is -4.21. The summed E-state index contributed by atoms with van der Waals surface area (Å²) in [6.07, 6.45) is 0.136. The van der Waals surface area contributed by atoms with Crippen molar-refractivity contribution in [3.05, 3.63) is 66.0 Å². The minimum atomic E-state index is -4.21. The van der Waals surface area contributed by atoms with Crippen molar-refractivity contribution in [2.75, 3.05) is 13.1 Å². The molecule has 0 saturated carbocycles. The first-order chi connectivity index (χ1) is 12.8. The molecule has 9 heteroatoms. The molecular formula is C19H25ClFN3O3S. The summed E-state index contributed by atoms with van der Waals surface area (Å²) in [6.45, 7) is 2.59. The van der Waals surface area contributed by atoms with Crippen LogP contribution >= 0.6 is 12.4 Å². The highest BCUT2D eigenvalue weighted by molar-refractivity contribution is 7.89. The van der Waals surface area contributed by atoms with Gasteiger partial charge in [-0.2, -0.15) is 4.72 Å². The Kier molecular flexibility index (Phi) is 9.54. The van der Waals surface area contributed by atoms with E-state index in [1.165, 1.54) is 12.1 Å². The third-order valence-electron chi connectivity index (χ3n) is 4.05. The number of amides is 1. The van der Waals surface area contributed by atoms with E-state index in [-0.39, 0.29) is 24.7 Å². The van der Waals surface area contributed by atoms with E-state index in [0.717, 1.165) is 17.7 Å². The zero-order valence-corrected chi connectivity index (χ0v) is 17.1. The summed E-state index contributed by atoms with van der Waals surface area (Å²) in [5.74, 6) is -1.31. The van der Waals surface area contributed by atoms with Crippen molar-refractivity contribution in [2.24, 2.45) is 11.7 Å². The number of carbonyl (C=O) groups is 1. The highest BCUT2D eigenvalue weighted by atomic mass is 35.5. The van der Waals surface area contributed by atoms with Crippen molar-refractivity contribution in [1.82, 2.24) is 10.0 Å². The Bertz CT molecular complexity index is 866. The largest absolute Gasteiger partial charge is 0.354 e. The Labute approximate surface area is 171 Å². The second kappa shape index (κ2) is 11.1. The molecule has 2 unspecified atom stereocenters. The van der Waals surface area contributed by atoms with E-state index in [1.807, 2.05) is 13.0 Å². The molecule has 6 nitrogen and oxygen atoms in total. The van der Waals surface area contributed by atoms with Crippen LogP contribution in [-0.4, -0.2) is 33.5 Å². The fourth-order valence-corrected chi connectivity index (χ4v) is 3.71. The minimum absolute atomic E-state index is 0. The summed E-state index contributed by atoms with van der Waals surface area (Å²) in [5, 5.41) is 2.70. The maximum Gasteiger partial charge on any atom is 0.244 e. The van der Waals surface area contributed by atoms with E-state index in [2.05, 4.69) is 10.0 Å². The Morgan fingerprint density at radius 3 is 2.32 bits per heavy atom. The van der Waals surface area contributed by atoms with E-state index in [4.69, 9.17) is 5.73 Å². The van der Waals surface area contributed by atoms with Gasteiger partial charge in [-0.05, 0) is 36.6 Å². The normalized spacial score (nSPS) is 13.2. The van der Waals surface area contributed by atoms with Gasteiger partial charge in [0.05, 0.1) is 0 Å². The molecule has 0 aliphatic rings. The van der Waals surface area contributed by atoms with Gasteiger partial charge in [-0.1, -0.05) is 49.4 Å². The molecular weight excluding hydrogens is 405 g/mol. The molecule has 0 aromatic heterocycles. The Hall–Kier alpha value is -2.00. The Morgan fingerprint density at radius 1 is 1.11 bits per heavy atom. The fourth-order valence-electron chi connectivity index (χ4n) is 2.43. The summed E-state index contributed by atoms with van der Waals surface area (Å²) in [6, 6.07) is 13.0. The van der Waals surface area contributed by atoms with Gasteiger partial charge in [0.2, 0.25) is 15.9 Å². The number of rotatable bonds is 9. The van der Waals surface area contributed by atoms with Gasteiger partial charge in [0.25, 0.3) is 0 Å².